The van der Waals surface area contributed by atoms with E-state index in [1.54, 1.807) is 24.3 Å². The number of fused-ring (bicyclic) bond motifs is 2. The standard InChI is InChI=1S/C26H22N2O6S/c29-25(27-21-13-5-9-17-7-1-3-11-19(17)21)33-23-15-35(31,32)16-24(23)34-26(30)28-22-14-6-10-18-8-2-4-12-20(18)22/h1-14,23-24H,15-16H2,(H,27,29)(H,28,30). The lowest BCUT2D eigenvalue weighted by molar-refractivity contribution is 0.0279. The summed E-state index contributed by atoms with van der Waals surface area (Å²) in [5.41, 5.74) is 1.06. The average molecular weight is 491 g/mol. The third-order valence-electron chi connectivity index (χ3n) is 5.82. The molecule has 2 unspecified atom stereocenters. The molecule has 2 atom stereocenters. The van der Waals surface area contributed by atoms with E-state index in [1.165, 1.54) is 0 Å². The largest absolute Gasteiger partial charge is 0.441 e. The molecule has 4 aromatic carbocycles. The molecule has 1 aliphatic rings. The van der Waals surface area contributed by atoms with Crippen molar-refractivity contribution in [2.24, 2.45) is 0 Å². The number of rotatable bonds is 4. The first-order valence-electron chi connectivity index (χ1n) is 11.0. The zero-order valence-electron chi connectivity index (χ0n) is 18.5. The molecule has 0 radical (unpaired) electrons. The topological polar surface area (TPSA) is 111 Å². The Morgan fingerprint density at radius 1 is 0.629 bits per heavy atom. The number of hydrogen-bond acceptors (Lipinski definition) is 6. The smallest absolute Gasteiger partial charge is 0.412 e. The molecule has 2 N–H and O–H groups in total. The van der Waals surface area contributed by atoms with Crippen molar-refractivity contribution in [2.45, 2.75) is 12.2 Å². The fourth-order valence-corrected chi connectivity index (χ4v) is 5.93. The highest BCUT2D eigenvalue weighted by Gasteiger charge is 2.43. The summed E-state index contributed by atoms with van der Waals surface area (Å²) in [5, 5.41) is 8.81. The zero-order chi connectivity index (χ0) is 24.4. The molecule has 0 saturated carbocycles. The summed E-state index contributed by atoms with van der Waals surface area (Å²) >= 11 is 0. The van der Waals surface area contributed by atoms with Crippen molar-refractivity contribution in [3.05, 3.63) is 84.9 Å². The fourth-order valence-electron chi connectivity index (χ4n) is 4.23. The first-order valence-corrected chi connectivity index (χ1v) is 12.8. The van der Waals surface area contributed by atoms with Crippen LogP contribution in [0, 0.1) is 0 Å². The lowest BCUT2D eigenvalue weighted by Crippen LogP contribution is -2.36. The Hall–Kier alpha value is -4.11. The van der Waals surface area contributed by atoms with Crippen LogP contribution in [0.4, 0.5) is 21.0 Å². The number of sulfone groups is 1. The molecule has 8 nitrogen and oxygen atoms in total. The number of carbonyl (C=O) groups is 2. The van der Waals surface area contributed by atoms with E-state index in [0.29, 0.717) is 11.4 Å². The second kappa shape index (κ2) is 9.27. The summed E-state index contributed by atoms with van der Waals surface area (Å²) < 4.78 is 35.3. The van der Waals surface area contributed by atoms with Crippen molar-refractivity contribution in [3.63, 3.8) is 0 Å². The molecule has 0 aromatic heterocycles. The minimum Gasteiger partial charge on any atom is -0.441 e. The minimum absolute atomic E-state index is 0.428. The van der Waals surface area contributed by atoms with Crippen LogP contribution in [-0.2, 0) is 19.3 Å². The molecule has 1 aliphatic heterocycles. The van der Waals surface area contributed by atoms with E-state index < -0.39 is 45.7 Å². The average Bonchev–Trinajstić information content (AvgIpc) is 3.11. The number of benzene rings is 4. The molecule has 1 fully saturated rings. The van der Waals surface area contributed by atoms with Gasteiger partial charge in [0, 0.05) is 10.8 Å². The number of ether oxygens (including phenoxy) is 2. The van der Waals surface area contributed by atoms with Gasteiger partial charge in [-0.25, -0.2) is 18.0 Å². The molecule has 1 saturated heterocycles. The quantitative estimate of drug-likeness (QED) is 0.419. The highest BCUT2D eigenvalue weighted by Crippen LogP contribution is 2.26. The SMILES string of the molecule is O=C(Nc1cccc2ccccc12)OC1CS(=O)(=O)CC1OC(=O)Nc1cccc2ccccc12. The molecule has 0 spiro atoms. The van der Waals surface area contributed by atoms with Crippen molar-refractivity contribution in [2.75, 3.05) is 22.1 Å². The van der Waals surface area contributed by atoms with Gasteiger partial charge in [0.2, 0.25) is 0 Å². The number of nitrogens with one attached hydrogen (secondary N) is 2. The van der Waals surface area contributed by atoms with Gasteiger partial charge in [-0.1, -0.05) is 72.8 Å². The van der Waals surface area contributed by atoms with Crippen molar-refractivity contribution >= 4 is 54.9 Å². The van der Waals surface area contributed by atoms with Crippen LogP contribution in [0.2, 0.25) is 0 Å². The van der Waals surface area contributed by atoms with E-state index in [9.17, 15) is 18.0 Å². The summed E-state index contributed by atoms with van der Waals surface area (Å²) in [6.07, 6.45) is -3.92. The summed E-state index contributed by atoms with van der Waals surface area (Å²) in [7, 11) is -3.56. The van der Waals surface area contributed by atoms with Crippen LogP contribution in [0.25, 0.3) is 21.5 Å². The van der Waals surface area contributed by atoms with Crippen molar-refractivity contribution < 1.29 is 27.5 Å². The Morgan fingerprint density at radius 3 is 1.49 bits per heavy atom. The third kappa shape index (κ3) is 5.04. The molecule has 1 heterocycles. The minimum atomic E-state index is -3.56. The summed E-state index contributed by atoms with van der Waals surface area (Å²) in [5.74, 6) is -0.857. The fraction of sp³-hybridized carbons (Fsp3) is 0.154. The number of amides is 2. The van der Waals surface area contributed by atoms with Crippen LogP contribution in [0.5, 0.6) is 0 Å². The summed E-state index contributed by atoms with van der Waals surface area (Å²) in [6, 6.07) is 25.9. The molecule has 0 aliphatic carbocycles. The molecular formula is C26H22N2O6S. The maximum absolute atomic E-state index is 12.6. The van der Waals surface area contributed by atoms with Gasteiger partial charge in [0.25, 0.3) is 0 Å². The van der Waals surface area contributed by atoms with Crippen LogP contribution >= 0.6 is 0 Å². The van der Waals surface area contributed by atoms with Crippen LogP contribution in [0.15, 0.2) is 84.9 Å². The van der Waals surface area contributed by atoms with E-state index in [1.807, 2.05) is 60.7 Å². The van der Waals surface area contributed by atoms with E-state index in [4.69, 9.17) is 9.47 Å². The summed E-state index contributed by atoms with van der Waals surface area (Å²) in [6.45, 7) is 0. The molecule has 2 amide bonds. The first-order chi connectivity index (χ1) is 16.9. The molecule has 0 bridgehead atoms. The van der Waals surface area contributed by atoms with Gasteiger partial charge in [0.1, 0.15) is 0 Å². The van der Waals surface area contributed by atoms with Gasteiger partial charge >= 0.3 is 12.2 Å². The number of hydrogen-bond donors (Lipinski definition) is 2. The molecule has 4 aromatic rings. The first kappa shape index (κ1) is 22.7. The van der Waals surface area contributed by atoms with Gasteiger partial charge in [-0.05, 0) is 22.9 Å². The van der Waals surface area contributed by atoms with Crippen molar-refractivity contribution in [1.29, 1.82) is 0 Å². The Morgan fingerprint density at radius 2 is 1.03 bits per heavy atom. The van der Waals surface area contributed by atoms with Crippen LogP contribution < -0.4 is 10.6 Å². The monoisotopic (exact) mass is 490 g/mol. The zero-order valence-corrected chi connectivity index (χ0v) is 19.3. The molecule has 9 heteroatoms. The highest BCUT2D eigenvalue weighted by atomic mass is 32.2. The summed E-state index contributed by atoms with van der Waals surface area (Å²) in [4.78, 5) is 25.2. The van der Waals surface area contributed by atoms with Crippen molar-refractivity contribution in [1.82, 2.24) is 0 Å². The highest BCUT2D eigenvalue weighted by molar-refractivity contribution is 7.91. The van der Waals surface area contributed by atoms with Crippen molar-refractivity contribution in [3.8, 4) is 0 Å². The Kier molecular flexibility index (Phi) is 6.00. The van der Waals surface area contributed by atoms with Gasteiger partial charge in [-0.2, -0.15) is 0 Å². The van der Waals surface area contributed by atoms with Gasteiger partial charge in [0.05, 0.1) is 22.9 Å². The second-order valence-electron chi connectivity index (χ2n) is 8.27. The molecular weight excluding hydrogens is 468 g/mol. The second-order valence-corrected chi connectivity index (χ2v) is 10.4. The lowest BCUT2D eigenvalue weighted by Gasteiger charge is -2.20. The predicted molar refractivity (Wildman–Crippen MR) is 134 cm³/mol. The van der Waals surface area contributed by atoms with E-state index in [-0.39, 0.29) is 0 Å². The van der Waals surface area contributed by atoms with E-state index in [2.05, 4.69) is 10.6 Å². The van der Waals surface area contributed by atoms with Gasteiger partial charge in [-0.3, -0.25) is 10.6 Å². The molecule has 178 valence electrons. The van der Waals surface area contributed by atoms with Gasteiger partial charge in [-0.15, -0.1) is 0 Å². The molecule has 35 heavy (non-hydrogen) atoms. The van der Waals surface area contributed by atoms with Crippen LogP contribution in [-0.4, -0.2) is 44.3 Å². The maximum atomic E-state index is 12.6. The van der Waals surface area contributed by atoms with E-state index in [0.717, 1.165) is 21.5 Å². The normalized spacial score (nSPS) is 18.7. The van der Waals surface area contributed by atoms with Crippen LogP contribution in [0.3, 0.4) is 0 Å². The maximum Gasteiger partial charge on any atom is 0.412 e. The van der Waals surface area contributed by atoms with Gasteiger partial charge < -0.3 is 9.47 Å². The Labute approximate surface area is 201 Å². The third-order valence-corrected chi connectivity index (χ3v) is 7.49. The number of anilines is 2. The Balaban J connectivity index is 1.28. The predicted octanol–water partition coefficient (Wildman–Crippen LogP) is 4.96. The number of carbonyl (C=O) groups excluding carboxylic acids is 2. The van der Waals surface area contributed by atoms with E-state index >= 15 is 0 Å². The Bertz CT molecular complexity index is 1420. The van der Waals surface area contributed by atoms with Crippen LogP contribution in [0.1, 0.15) is 0 Å². The lowest BCUT2D eigenvalue weighted by atomic mass is 10.1. The van der Waals surface area contributed by atoms with Gasteiger partial charge in [0.15, 0.2) is 22.0 Å². The molecule has 5 rings (SSSR count).